The highest BCUT2D eigenvalue weighted by Crippen LogP contribution is 2.23. The molecule has 1 unspecified atom stereocenters. The molecule has 0 aliphatic carbocycles. The number of benzene rings is 1. The van der Waals surface area contributed by atoms with Crippen LogP contribution in [-0.2, 0) is 17.8 Å². The smallest absolute Gasteiger partial charge is 0.222 e. The predicted molar refractivity (Wildman–Crippen MR) is 108 cm³/mol. The number of carbonyl (C=O) groups excluding carboxylic acids is 1. The Morgan fingerprint density at radius 3 is 2.92 bits per heavy atom. The van der Waals surface area contributed by atoms with Gasteiger partial charge in [0.05, 0.1) is 4.88 Å². The molecule has 5 nitrogen and oxygen atoms in total. The number of nitrogens with zero attached hydrogens (tertiary/aromatic N) is 2. The summed E-state index contributed by atoms with van der Waals surface area (Å²) in [5.41, 5.74) is 1.03. The van der Waals surface area contributed by atoms with Crippen LogP contribution in [0.2, 0.25) is 5.02 Å². The molecule has 26 heavy (non-hydrogen) atoms. The number of aromatic nitrogens is 3. The number of nitrogens with one attached hydrogen (secondary N) is 2. The van der Waals surface area contributed by atoms with E-state index in [9.17, 15) is 4.79 Å². The van der Waals surface area contributed by atoms with E-state index in [2.05, 4.69) is 15.5 Å². The second-order valence-corrected chi connectivity index (χ2v) is 7.74. The Balaban J connectivity index is 1.57. The van der Waals surface area contributed by atoms with E-state index in [1.807, 2.05) is 53.3 Å². The van der Waals surface area contributed by atoms with Crippen LogP contribution in [0.4, 0.5) is 0 Å². The van der Waals surface area contributed by atoms with Gasteiger partial charge in [0.15, 0.2) is 10.6 Å². The topological polar surface area (TPSA) is 62.7 Å². The summed E-state index contributed by atoms with van der Waals surface area (Å²) in [7, 11) is 0. The zero-order chi connectivity index (χ0) is 18.5. The fraction of sp³-hybridized carbons (Fsp3) is 0.278. The van der Waals surface area contributed by atoms with Gasteiger partial charge in [0.1, 0.15) is 0 Å². The predicted octanol–water partition coefficient (Wildman–Crippen LogP) is 4.46. The Hall–Kier alpha value is -1.96. The van der Waals surface area contributed by atoms with Crippen molar-refractivity contribution in [2.24, 2.45) is 0 Å². The van der Waals surface area contributed by atoms with E-state index in [4.69, 9.17) is 23.8 Å². The lowest BCUT2D eigenvalue weighted by Gasteiger charge is -2.15. The molecule has 0 saturated heterocycles. The van der Waals surface area contributed by atoms with Gasteiger partial charge in [-0.2, -0.15) is 5.10 Å². The lowest BCUT2D eigenvalue weighted by Crippen LogP contribution is -2.34. The molecule has 0 aliphatic heterocycles. The van der Waals surface area contributed by atoms with Crippen LogP contribution in [0.3, 0.4) is 0 Å². The van der Waals surface area contributed by atoms with Crippen LogP contribution in [0.1, 0.15) is 18.9 Å². The molecule has 2 heterocycles. The minimum absolute atomic E-state index is 0.00325. The van der Waals surface area contributed by atoms with Gasteiger partial charge in [0.25, 0.3) is 0 Å². The lowest BCUT2D eigenvalue weighted by atomic mass is 10.1. The number of thiophene rings is 1. The monoisotopic (exact) mass is 406 g/mol. The molecule has 0 saturated carbocycles. The molecule has 1 amide bonds. The van der Waals surface area contributed by atoms with Crippen molar-refractivity contribution < 1.29 is 4.79 Å². The molecule has 2 N–H and O–H groups in total. The third kappa shape index (κ3) is 4.60. The van der Waals surface area contributed by atoms with Crippen molar-refractivity contribution in [1.29, 1.82) is 0 Å². The summed E-state index contributed by atoms with van der Waals surface area (Å²) in [4.78, 5) is 13.3. The first-order valence-electron chi connectivity index (χ1n) is 8.26. The number of hydrogen-bond donors (Lipinski definition) is 2. The lowest BCUT2D eigenvalue weighted by molar-refractivity contribution is -0.121. The van der Waals surface area contributed by atoms with Crippen molar-refractivity contribution >= 4 is 41.1 Å². The normalized spacial score (nSPS) is 12.1. The largest absolute Gasteiger partial charge is 0.353 e. The van der Waals surface area contributed by atoms with Gasteiger partial charge in [0, 0.05) is 24.0 Å². The molecular formula is C18H19ClN4OS2. The van der Waals surface area contributed by atoms with E-state index in [1.165, 1.54) is 0 Å². The highest BCUT2D eigenvalue weighted by atomic mass is 35.5. The first-order chi connectivity index (χ1) is 12.5. The van der Waals surface area contributed by atoms with Gasteiger partial charge in [0.2, 0.25) is 5.91 Å². The molecule has 0 spiro atoms. The molecule has 2 aromatic heterocycles. The number of rotatable bonds is 7. The van der Waals surface area contributed by atoms with Gasteiger partial charge >= 0.3 is 0 Å². The van der Waals surface area contributed by atoms with Gasteiger partial charge in [-0.15, -0.1) is 11.3 Å². The molecule has 3 aromatic rings. The van der Waals surface area contributed by atoms with E-state index in [0.717, 1.165) is 21.3 Å². The Morgan fingerprint density at radius 1 is 1.38 bits per heavy atom. The molecule has 3 rings (SSSR count). The van der Waals surface area contributed by atoms with Crippen LogP contribution >= 0.6 is 35.2 Å². The van der Waals surface area contributed by atoms with Crippen molar-refractivity contribution in [3.05, 3.63) is 57.1 Å². The minimum Gasteiger partial charge on any atom is -0.353 e. The molecule has 0 radical (unpaired) electrons. The van der Waals surface area contributed by atoms with Crippen molar-refractivity contribution in [2.75, 3.05) is 0 Å². The van der Waals surface area contributed by atoms with Gasteiger partial charge in [-0.05, 0) is 48.6 Å². The maximum absolute atomic E-state index is 12.3. The molecule has 8 heteroatoms. The summed E-state index contributed by atoms with van der Waals surface area (Å²) in [5.74, 6) is 0.742. The van der Waals surface area contributed by atoms with E-state index in [1.54, 1.807) is 11.3 Å². The number of amides is 1. The second-order valence-electron chi connectivity index (χ2n) is 6.00. The fourth-order valence-electron chi connectivity index (χ4n) is 2.72. The van der Waals surface area contributed by atoms with Crippen LogP contribution < -0.4 is 5.32 Å². The van der Waals surface area contributed by atoms with E-state index in [-0.39, 0.29) is 11.9 Å². The van der Waals surface area contributed by atoms with E-state index in [0.29, 0.717) is 24.2 Å². The van der Waals surface area contributed by atoms with Crippen LogP contribution in [0.25, 0.3) is 10.7 Å². The minimum atomic E-state index is -0.0233. The molecule has 136 valence electrons. The first-order valence-corrected chi connectivity index (χ1v) is 9.93. The number of halogens is 1. The zero-order valence-corrected chi connectivity index (χ0v) is 16.6. The van der Waals surface area contributed by atoms with Gasteiger partial charge < -0.3 is 5.32 Å². The summed E-state index contributed by atoms with van der Waals surface area (Å²) in [6.45, 7) is 2.45. The quantitative estimate of drug-likeness (QED) is 0.569. The van der Waals surface area contributed by atoms with Crippen molar-refractivity contribution in [3.63, 3.8) is 0 Å². The Labute approximate surface area is 166 Å². The van der Waals surface area contributed by atoms with Crippen LogP contribution in [0, 0.1) is 4.77 Å². The summed E-state index contributed by atoms with van der Waals surface area (Å²) in [6, 6.07) is 11.6. The molecule has 0 aliphatic rings. The maximum atomic E-state index is 12.3. The average Bonchev–Trinajstić information content (AvgIpc) is 3.24. The van der Waals surface area contributed by atoms with Crippen LogP contribution in [0.5, 0.6) is 0 Å². The SMILES string of the molecule is CC(Cc1ccccc1Cl)NC(=O)CCn1c(-c2cccs2)n[nH]c1=S. The number of aromatic amines is 1. The first kappa shape index (κ1) is 18.8. The van der Waals surface area contributed by atoms with Gasteiger partial charge in [-0.25, -0.2) is 0 Å². The molecule has 0 fully saturated rings. The molecular weight excluding hydrogens is 388 g/mol. The summed E-state index contributed by atoms with van der Waals surface area (Å²) in [6.07, 6.45) is 1.02. The standard InChI is InChI=1S/C18H19ClN4OS2/c1-12(11-13-5-2-3-6-14(13)19)20-16(24)8-9-23-17(21-22-18(23)25)15-7-4-10-26-15/h2-7,10,12H,8-9,11H2,1H3,(H,20,24)(H,22,25). The zero-order valence-electron chi connectivity index (χ0n) is 14.2. The van der Waals surface area contributed by atoms with Gasteiger partial charge in [-0.1, -0.05) is 35.9 Å². The highest BCUT2D eigenvalue weighted by Gasteiger charge is 2.13. The Bertz CT molecular complexity index is 933. The number of carbonyl (C=O) groups is 1. The second kappa shape index (κ2) is 8.62. The average molecular weight is 407 g/mol. The third-order valence-corrected chi connectivity index (χ3v) is 5.50. The maximum Gasteiger partial charge on any atom is 0.222 e. The Kier molecular flexibility index (Phi) is 6.24. The highest BCUT2D eigenvalue weighted by molar-refractivity contribution is 7.71. The van der Waals surface area contributed by atoms with Crippen molar-refractivity contribution in [3.8, 4) is 10.7 Å². The summed E-state index contributed by atoms with van der Waals surface area (Å²) in [5, 5.41) is 12.8. The van der Waals surface area contributed by atoms with Crippen molar-refractivity contribution in [1.82, 2.24) is 20.1 Å². The number of hydrogen-bond acceptors (Lipinski definition) is 4. The summed E-state index contributed by atoms with van der Waals surface area (Å²) >= 11 is 13.1. The third-order valence-electron chi connectivity index (χ3n) is 3.95. The van der Waals surface area contributed by atoms with Crippen LogP contribution in [-0.4, -0.2) is 26.7 Å². The summed E-state index contributed by atoms with van der Waals surface area (Å²) < 4.78 is 2.38. The molecule has 1 atom stereocenters. The fourth-order valence-corrected chi connectivity index (χ4v) is 3.88. The van der Waals surface area contributed by atoms with E-state index < -0.39 is 0 Å². The van der Waals surface area contributed by atoms with Crippen molar-refractivity contribution in [2.45, 2.75) is 32.4 Å². The molecule has 0 bridgehead atoms. The Morgan fingerprint density at radius 2 is 2.19 bits per heavy atom. The van der Waals surface area contributed by atoms with Crippen LogP contribution in [0.15, 0.2) is 41.8 Å². The van der Waals surface area contributed by atoms with E-state index >= 15 is 0 Å². The molecule has 1 aromatic carbocycles. The van der Waals surface area contributed by atoms with Gasteiger partial charge in [-0.3, -0.25) is 14.5 Å². The number of H-pyrrole nitrogens is 1.